The van der Waals surface area contributed by atoms with E-state index < -0.39 is 11.7 Å². The third-order valence-corrected chi connectivity index (χ3v) is 3.74. The molecule has 4 N–H and O–H groups in total. The molecule has 120 valence electrons. The molecule has 0 unspecified atom stereocenters. The second-order valence-corrected chi connectivity index (χ2v) is 5.36. The lowest BCUT2D eigenvalue weighted by Crippen LogP contribution is -2.24. The van der Waals surface area contributed by atoms with Crippen molar-refractivity contribution in [1.82, 2.24) is 5.32 Å². The molecule has 0 saturated carbocycles. The van der Waals surface area contributed by atoms with E-state index in [1.165, 1.54) is 12.1 Å². The second-order valence-electron chi connectivity index (χ2n) is 5.36. The highest BCUT2D eigenvalue weighted by molar-refractivity contribution is 6.00. The summed E-state index contributed by atoms with van der Waals surface area (Å²) in [4.78, 5) is 11.5. The van der Waals surface area contributed by atoms with Crippen molar-refractivity contribution in [1.29, 1.82) is 0 Å². The van der Waals surface area contributed by atoms with E-state index in [0.29, 0.717) is 35.6 Å². The summed E-state index contributed by atoms with van der Waals surface area (Å²) in [6, 6.07) is 7.26. The normalized spacial score (nSPS) is 12.9. The molecule has 2 aromatic carbocycles. The number of nitrogens with zero attached hydrogens (tertiary/aromatic N) is 1. The Balaban J connectivity index is 1.92. The Morgan fingerprint density at radius 3 is 2.78 bits per heavy atom. The van der Waals surface area contributed by atoms with Crippen LogP contribution in [0.15, 0.2) is 30.3 Å². The lowest BCUT2D eigenvalue weighted by molar-refractivity contribution is 0.100. The van der Waals surface area contributed by atoms with Crippen LogP contribution in [0, 0.1) is 11.6 Å². The van der Waals surface area contributed by atoms with Crippen LogP contribution in [-0.4, -0.2) is 13.0 Å². The van der Waals surface area contributed by atoms with Gasteiger partial charge < -0.3 is 11.1 Å². The monoisotopic (exact) mass is 318 g/mol. The maximum Gasteiger partial charge on any atom is 0.250 e. The molecule has 1 amide bonds. The van der Waals surface area contributed by atoms with Crippen molar-refractivity contribution in [2.75, 3.05) is 17.5 Å². The third kappa shape index (κ3) is 2.83. The van der Waals surface area contributed by atoms with Gasteiger partial charge in [-0.05, 0) is 31.3 Å². The molecule has 1 aliphatic rings. The van der Waals surface area contributed by atoms with E-state index in [1.54, 1.807) is 24.2 Å². The van der Waals surface area contributed by atoms with E-state index in [9.17, 15) is 13.6 Å². The van der Waals surface area contributed by atoms with Crippen LogP contribution >= 0.6 is 0 Å². The van der Waals surface area contributed by atoms with Gasteiger partial charge in [-0.2, -0.15) is 0 Å². The van der Waals surface area contributed by atoms with Crippen molar-refractivity contribution in [2.24, 2.45) is 5.73 Å². The van der Waals surface area contributed by atoms with Gasteiger partial charge in [0.2, 0.25) is 0 Å². The highest BCUT2D eigenvalue weighted by Gasteiger charge is 2.25. The maximum absolute atomic E-state index is 14.1. The molecule has 0 radical (unpaired) electrons. The summed E-state index contributed by atoms with van der Waals surface area (Å²) >= 11 is 0. The zero-order valence-electron chi connectivity index (χ0n) is 12.5. The minimum absolute atomic E-state index is 0.0785. The highest BCUT2D eigenvalue weighted by atomic mass is 19.1. The van der Waals surface area contributed by atoms with Gasteiger partial charge in [-0.3, -0.25) is 15.2 Å². The van der Waals surface area contributed by atoms with Crippen LogP contribution in [-0.2, 0) is 13.1 Å². The number of amides is 1. The number of nitrogens with one attached hydrogen (secondary N) is 2. The number of hydrogen-bond acceptors (Lipinski definition) is 4. The first-order chi connectivity index (χ1) is 11.0. The Kier molecular flexibility index (Phi) is 3.87. The smallest absolute Gasteiger partial charge is 0.250 e. The fraction of sp³-hybridized carbons (Fsp3) is 0.188. The molecular formula is C16H16F2N4O. The summed E-state index contributed by atoms with van der Waals surface area (Å²) < 4.78 is 27.7. The van der Waals surface area contributed by atoms with Crippen LogP contribution in [0.1, 0.15) is 21.5 Å². The standard InChI is InChI=1S/C16H16F2N4O/c1-20-7-9-2-3-12(6-14(9)18)22-8-10-4-11(17)5-13(16(19)23)15(10)21-22/h2-6,20-21H,7-8H2,1H3,(H2,19,23). The summed E-state index contributed by atoms with van der Waals surface area (Å²) in [7, 11) is 1.74. The topological polar surface area (TPSA) is 70.4 Å². The van der Waals surface area contributed by atoms with E-state index in [1.807, 2.05) is 0 Å². The molecule has 5 nitrogen and oxygen atoms in total. The molecule has 2 aromatic rings. The van der Waals surface area contributed by atoms with Crippen LogP contribution in [0.5, 0.6) is 0 Å². The van der Waals surface area contributed by atoms with Crippen molar-refractivity contribution in [3.63, 3.8) is 0 Å². The van der Waals surface area contributed by atoms with Crippen LogP contribution in [0.25, 0.3) is 0 Å². The zero-order chi connectivity index (χ0) is 16.6. The van der Waals surface area contributed by atoms with E-state index >= 15 is 0 Å². The summed E-state index contributed by atoms with van der Waals surface area (Å²) in [6.07, 6.45) is 0. The summed E-state index contributed by atoms with van der Waals surface area (Å²) in [5.41, 5.74) is 10.5. The lowest BCUT2D eigenvalue weighted by atomic mass is 10.1. The number of rotatable bonds is 4. The van der Waals surface area contributed by atoms with Gasteiger partial charge in [0.1, 0.15) is 11.6 Å². The second kappa shape index (κ2) is 5.85. The molecule has 0 atom stereocenters. The van der Waals surface area contributed by atoms with E-state index in [4.69, 9.17) is 5.73 Å². The maximum atomic E-state index is 14.1. The molecule has 3 rings (SSSR count). The fourth-order valence-corrected chi connectivity index (χ4v) is 2.65. The number of carbonyl (C=O) groups is 1. The summed E-state index contributed by atoms with van der Waals surface area (Å²) in [6.45, 7) is 0.731. The Morgan fingerprint density at radius 2 is 2.13 bits per heavy atom. The number of hydrazine groups is 1. The molecule has 0 aromatic heterocycles. The Labute approximate surface area is 132 Å². The number of benzene rings is 2. The minimum atomic E-state index is -0.717. The Bertz CT molecular complexity index is 779. The van der Waals surface area contributed by atoms with Crippen molar-refractivity contribution >= 4 is 17.3 Å². The molecule has 23 heavy (non-hydrogen) atoms. The van der Waals surface area contributed by atoms with Crippen molar-refractivity contribution in [3.8, 4) is 0 Å². The van der Waals surface area contributed by atoms with E-state index in [0.717, 1.165) is 6.07 Å². The average molecular weight is 318 g/mol. The predicted octanol–water partition coefficient (Wildman–Crippen LogP) is 2.13. The molecule has 0 saturated heterocycles. The molecule has 0 fully saturated rings. The van der Waals surface area contributed by atoms with Crippen LogP contribution in [0.4, 0.5) is 20.2 Å². The molecule has 0 aliphatic carbocycles. The molecule has 1 aliphatic heterocycles. The fourth-order valence-electron chi connectivity index (χ4n) is 2.65. The number of nitrogens with two attached hydrogens (primary N) is 1. The van der Waals surface area contributed by atoms with Gasteiger partial charge in [0.25, 0.3) is 5.91 Å². The van der Waals surface area contributed by atoms with Gasteiger partial charge in [0.15, 0.2) is 0 Å². The van der Waals surface area contributed by atoms with Gasteiger partial charge in [0, 0.05) is 17.7 Å². The SMILES string of the molecule is CNCc1ccc(N2Cc3cc(F)cc(C(N)=O)c3N2)cc1F. The number of primary amides is 1. The van der Waals surface area contributed by atoms with Crippen molar-refractivity contribution < 1.29 is 13.6 Å². The van der Waals surface area contributed by atoms with Gasteiger partial charge in [-0.15, -0.1) is 0 Å². The minimum Gasteiger partial charge on any atom is -0.366 e. The Morgan fingerprint density at radius 1 is 1.35 bits per heavy atom. The number of anilines is 2. The number of hydrogen-bond donors (Lipinski definition) is 3. The van der Waals surface area contributed by atoms with Crippen LogP contribution < -0.4 is 21.5 Å². The first-order valence-corrected chi connectivity index (χ1v) is 7.09. The quantitative estimate of drug-likeness (QED) is 0.808. The van der Waals surface area contributed by atoms with Crippen molar-refractivity contribution in [2.45, 2.75) is 13.1 Å². The summed E-state index contributed by atoms with van der Waals surface area (Å²) in [5.74, 6) is -1.58. The molecule has 0 bridgehead atoms. The van der Waals surface area contributed by atoms with Crippen LogP contribution in [0.3, 0.4) is 0 Å². The average Bonchev–Trinajstić information content (AvgIpc) is 2.92. The molecule has 1 heterocycles. The highest BCUT2D eigenvalue weighted by Crippen LogP contribution is 2.33. The van der Waals surface area contributed by atoms with E-state index in [-0.39, 0.29) is 11.4 Å². The van der Waals surface area contributed by atoms with Gasteiger partial charge >= 0.3 is 0 Å². The Hall–Kier alpha value is -2.67. The summed E-state index contributed by atoms with van der Waals surface area (Å²) in [5, 5.41) is 4.53. The third-order valence-electron chi connectivity index (χ3n) is 3.74. The largest absolute Gasteiger partial charge is 0.366 e. The van der Waals surface area contributed by atoms with Gasteiger partial charge in [-0.25, -0.2) is 8.78 Å². The van der Waals surface area contributed by atoms with Crippen LogP contribution in [0.2, 0.25) is 0 Å². The van der Waals surface area contributed by atoms with E-state index in [2.05, 4.69) is 10.7 Å². The zero-order valence-corrected chi connectivity index (χ0v) is 12.5. The lowest BCUT2D eigenvalue weighted by Gasteiger charge is -2.19. The number of fused-ring (bicyclic) bond motifs is 1. The molecule has 0 spiro atoms. The first-order valence-electron chi connectivity index (χ1n) is 7.09. The van der Waals surface area contributed by atoms with Gasteiger partial charge in [0.05, 0.1) is 23.5 Å². The number of carbonyl (C=O) groups excluding carboxylic acids is 1. The molecule has 7 heteroatoms. The predicted molar refractivity (Wildman–Crippen MR) is 83.9 cm³/mol. The first kappa shape index (κ1) is 15.2. The van der Waals surface area contributed by atoms with Gasteiger partial charge in [-0.1, -0.05) is 6.07 Å². The van der Waals surface area contributed by atoms with Crippen molar-refractivity contribution in [3.05, 3.63) is 58.7 Å². The molecular weight excluding hydrogens is 302 g/mol. The number of halogens is 2.